The highest BCUT2D eigenvalue weighted by Gasteiger charge is 2.37. The van der Waals surface area contributed by atoms with Crippen LogP contribution >= 0.6 is 0 Å². The first-order chi connectivity index (χ1) is 21.9. The van der Waals surface area contributed by atoms with Gasteiger partial charge in [-0.05, 0) is 77.8 Å². The number of carbonyl (C=O) groups is 3. The van der Waals surface area contributed by atoms with E-state index in [4.69, 9.17) is 9.47 Å². The number of fused-ring (bicyclic) bond motifs is 1. The predicted octanol–water partition coefficient (Wildman–Crippen LogP) is 6.10. The number of aromatic carboxylic acids is 1. The normalized spacial score (nSPS) is 15.3. The smallest absolute Gasteiger partial charge is 0.335 e. The van der Waals surface area contributed by atoms with Crippen molar-refractivity contribution in [2.24, 2.45) is 5.92 Å². The van der Waals surface area contributed by atoms with Crippen LogP contribution in [-0.2, 0) is 24.2 Å². The Hall–Kier alpha value is -5.31. The Morgan fingerprint density at radius 3 is 2.18 bits per heavy atom. The van der Waals surface area contributed by atoms with Gasteiger partial charge in [0.05, 0.1) is 32.4 Å². The molecule has 0 aliphatic heterocycles. The lowest BCUT2D eigenvalue weighted by molar-refractivity contribution is -0.135. The molecule has 3 N–H and O–H groups in total. The van der Waals surface area contributed by atoms with Crippen LogP contribution in [0.25, 0.3) is 0 Å². The fourth-order valence-corrected chi connectivity index (χ4v) is 6.02. The molecule has 9 heteroatoms. The number of aryl methyl sites for hydroxylation is 1. The van der Waals surface area contributed by atoms with Gasteiger partial charge in [0.2, 0.25) is 5.91 Å². The van der Waals surface area contributed by atoms with Crippen molar-refractivity contribution >= 4 is 23.6 Å². The van der Waals surface area contributed by atoms with E-state index in [-0.39, 0.29) is 30.0 Å². The van der Waals surface area contributed by atoms with Crippen molar-refractivity contribution in [3.63, 3.8) is 0 Å². The minimum Gasteiger partial charge on any atom is -0.493 e. The number of urea groups is 1. The second kappa shape index (κ2) is 14.4. The van der Waals surface area contributed by atoms with Gasteiger partial charge in [-0.25, -0.2) is 9.59 Å². The molecule has 0 saturated carbocycles. The molecule has 0 heterocycles. The van der Waals surface area contributed by atoms with E-state index in [0.29, 0.717) is 23.7 Å². The lowest BCUT2D eigenvalue weighted by Crippen LogP contribution is -2.46. The van der Waals surface area contributed by atoms with Gasteiger partial charge in [0.1, 0.15) is 0 Å². The highest BCUT2D eigenvalue weighted by atomic mass is 16.5. The summed E-state index contributed by atoms with van der Waals surface area (Å²) in [4.78, 5) is 40.2. The molecule has 5 rings (SSSR count). The second-order valence-corrected chi connectivity index (χ2v) is 11.0. The minimum absolute atomic E-state index is 0.0467. The van der Waals surface area contributed by atoms with E-state index in [1.807, 2.05) is 65.6 Å². The van der Waals surface area contributed by atoms with Crippen LogP contribution in [0.2, 0.25) is 0 Å². The van der Waals surface area contributed by atoms with Gasteiger partial charge in [0, 0.05) is 12.2 Å². The molecule has 0 fully saturated rings. The quantitative estimate of drug-likeness (QED) is 0.190. The summed E-state index contributed by atoms with van der Waals surface area (Å²) in [7, 11) is 3.22. The average Bonchev–Trinajstić information content (AvgIpc) is 3.06. The van der Waals surface area contributed by atoms with Crippen molar-refractivity contribution in [2.75, 3.05) is 26.1 Å². The highest BCUT2D eigenvalue weighted by molar-refractivity contribution is 5.94. The number of carbonyl (C=O) groups excluding carboxylic acids is 2. The largest absolute Gasteiger partial charge is 0.493 e. The van der Waals surface area contributed by atoms with E-state index >= 15 is 0 Å². The summed E-state index contributed by atoms with van der Waals surface area (Å²) in [5, 5.41) is 14.6. The van der Waals surface area contributed by atoms with Crippen LogP contribution in [-0.4, -0.2) is 48.7 Å². The Labute approximate surface area is 262 Å². The van der Waals surface area contributed by atoms with Gasteiger partial charge < -0.3 is 30.1 Å². The standard InChI is InChI=1S/C36H37N3O6/c1-44-31-20-26-16-17-27(18-24-10-5-3-6-11-24)34(30(26)21-32(31)45-2)39(23-25-12-7-4-8-13-25)33(40)22-37-36(43)38-29-15-9-14-28(19-29)35(41)42/h3-15,19-21,27,34H,16-18,22-23H2,1-2H3,(H,41,42)(H2,37,38,43). The minimum atomic E-state index is -1.10. The van der Waals surface area contributed by atoms with Gasteiger partial charge in [0.25, 0.3) is 0 Å². The molecular weight excluding hydrogens is 570 g/mol. The topological polar surface area (TPSA) is 117 Å². The molecule has 4 aromatic rings. The van der Waals surface area contributed by atoms with Crippen molar-refractivity contribution in [2.45, 2.75) is 31.8 Å². The Bertz CT molecular complexity index is 1640. The Kier molecular flexibility index (Phi) is 9.99. The summed E-state index contributed by atoms with van der Waals surface area (Å²) < 4.78 is 11.3. The first-order valence-corrected chi connectivity index (χ1v) is 14.9. The van der Waals surface area contributed by atoms with Crippen LogP contribution in [0.1, 0.15) is 45.1 Å². The third kappa shape index (κ3) is 7.62. The van der Waals surface area contributed by atoms with Gasteiger partial charge in [-0.1, -0.05) is 66.7 Å². The summed E-state index contributed by atoms with van der Waals surface area (Å²) in [5.41, 5.74) is 4.60. The first-order valence-electron chi connectivity index (χ1n) is 14.9. The van der Waals surface area contributed by atoms with Crippen molar-refractivity contribution in [1.82, 2.24) is 10.2 Å². The van der Waals surface area contributed by atoms with Gasteiger partial charge >= 0.3 is 12.0 Å². The number of nitrogens with one attached hydrogen (secondary N) is 2. The molecular formula is C36H37N3O6. The van der Waals surface area contributed by atoms with Gasteiger partial charge in [-0.2, -0.15) is 0 Å². The van der Waals surface area contributed by atoms with E-state index < -0.39 is 12.0 Å². The molecule has 0 saturated heterocycles. The van der Waals surface area contributed by atoms with Crippen LogP contribution < -0.4 is 20.1 Å². The maximum Gasteiger partial charge on any atom is 0.335 e. The first kappa shape index (κ1) is 31.1. The zero-order valence-corrected chi connectivity index (χ0v) is 25.4. The molecule has 2 atom stereocenters. The Balaban J connectivity index is 1.47. The second-order valence-electron chi connectivity index (χ2n) is 11.0. The summed E-state index contributed by atoms with van der Waals surface area (Å²) in [6, 6.07) is 29.1. The fraction of sp³-hybridized carbons (Fsp3) is 0.250. The monoisotopic (exact) mass is 607 g/mol. The van der Waals surface area contributed by atoms with Crippen LogP contribution in [0, 0.1) is 5.92 Å². The van der Waals surface area contributed by atoms with E-state index in [0.717, 1.165) is 36.0 Å². The van der Waals surface area contributed by atoms with Gasteiger partial charge in [-0.3, -0.25) is 4.79 Å². The summed E-state index contributed by atoms with van der Waals surface area (Å²) in [6.45, 7) is 0.0852. The third-order valence-corrected chi connectivity index (χ3v) is 8.16. The van der Waals surface area contributed by atoms with E-state index in [1.54, 1.807) is 26.4 Å². The molecule has 9 nitrogen and oxygen atoms in total. The number of hydrogen-bond donors (Lipinski definition) is 3. The molecule has 2 unspecified atom stereocenters. The zero-order chi connectivity index (χ0) is 31.8. The molecule has 0 aromatic heterocycles. The van der Waals surface area contributed by atoms with Crippen LogP contribution in [0.15, 0.2) is 97.1 Å². The fourth-order valence-electron chi connectivity index (χ4n) is 6.02. The summed E-state index contributed by atoms with van der Waals surface area (Å²) >= 11 is 0. The van der Waals surface area contributed by atoms with Crippen LogP contribution in [0.5, 0.6) is 11.5 Å². The number of amides is 3. The number of carboxylic acid groups (broad SMARTS) is 1. The molecule has 0 bridgehead atoms. The van der Waals surface area contributed by atoms with Crippen LogP contribution in [0.4, 0.5) is 10.5 Å². The Morgan fingerprint density at radius 1 is 0.844 bits per heavy atom. The number of anilines is 1. The SMILES string of the molecule is COc1cc2c(cc1OC)C(N(Cc1ccccc1)C(=O)CNC(=O)Nc1cccc(C(=O)O)c1)C(Cc1ccccc1)CC2. The summed E-state index contributed by atoms with van der Waals surface area (Å²) in [6.07, 6.45) is 2.45. The molecule has 232 valence electrons. The lowest BCUT2D eigenvalue weighted by atomic mass is 9.75. The number of nitrogens with zero attached hydrogens (tertiary/aromatic N) is 1. The number of benzene rings is 4. The maximum atomic E-state index is 14.2. The zero-order valence-electron chi connectivity index (χ0n) is 25.4. The molecule has 0 spiro atoms. The van der Waals surface area contributed by atoms with Crippen molar-refractivity contribution in [3.8, 4) is 11.5 Å². The Morgan fingerprint density at radius 2 is 1.51 bits per heavy atom. The molecule has 4 aromatic carbocycles. The van der Waals surface area contributed by atoms with Crippen molar-refractivity contribution in [3.05, 3.63) is 125 Å². The summed E-state index contributed by atoms with van der Waals surface area (Å²) in [5.74, 6) is -0.0207. The maximum absolute atomic E-state index is 14.2. The molecule has 1 aliphatic carbocycles. The van der Waals surface area contributed by atoms with E-state index in [2.05, 4.69) is 22.8 Å². The molecule has 0 radical (unpaired) electrons. The van der Waals surface area contributed by atoms with Crippen molar-refractivity contribution in [1.29, 1.82) is 0 Å². The molecule has 45 heavy (non-hydrogen) atoms. The number of hydrogen-bond acceptors (Lipinski definition) is 5. The number of methoxy groups -OCH3 is 2. The van der Waals surface area contributed by atoms with E-state index in [1.165, 1.54) is 17.7 Å². The van der Waals surface area contributed by atoms with E-state index in [9.17, 15) is 19.5 Å². The third-order valence-electron chi connectivity index (χ3n) is 8.16. The van der Waals surface area contributed by atoms with Gasteiger partial charge in [-0.15, -0.1) is 0 Å². The lowest BCUT2D eigenvalue weighted by Gasteiger charge is -2.42. The molecule has 1 aliphatic rings. The highest BCUT2D eigenvalue weighted by Crippen LogP contribution is 2.45. The van der Waals surface area contributed by atoms with Crippen LogP contribution in [0.3, 0.4) is 0 Å². The van der Waals surface area contributed by atoms with Crippen molar-refractivity contribution < 1.29 is 29.0 Å². The molecule has 3 amide bonds. The average molecular weight is 608 g/mol. The van der Waals surface area contributed by atoms with Gasteiger partial charge in [0.15, 0.2) is 11.5 Å². The number of carboxylic acids is 1. The predicted molar refractivity (Wildman–Crippen MR) is 172 cm³/mol. The number of rotatable bonds is 11. The number of ether oxygens (including phenoxy) is 2.